The smallest absolute Gasteiger partial charge is 0.0166 e. The van der Waals surface area contributed by atoms with Gasteiger partial charge in [0.05, 0.1) is 0 Å². The summed E-state index contributed by atoms with van der Waals surface area (Å²) in [4.78, 5) is 2.61. The van der Waals surface area contributed by atoms with Crippen LogP contribution in [0.25, 0.3) is 0 Å². The maximum Gasteiger partial charge on any atom is 0.0166 e. The fourth-order valence-corrected chi connectivity index (χ4v) is 2.66. The number of unbranched alkanes of at least 4 members (excludes halogenated alkanes) is 2. The van der Waals surface area contributed by atoms with Crippen molar-refractivity contribution in [1.82, 2.24) is 10.2 Å². The molecular formula is C17H34N2. The SMILES string of the molecule is CCCNCCCCCN1CC=C(C(C)(C)C)CC1. The van der Waals surface area contributed by atoms with Crippen LogP contribution in [-0.2, 0) is 0 Å². The molecule has 0 amide bonds. The molecule has 0 aromatic heterocycles. The van der Waals surface area contributed by atoms with Gasteiger partial charge in [-0.2, -0.15) is 0 Å². The van der Waals surface area contributed by atoms with Crippen LogP contribution in [-0.4, -0.2) is 37.6 Å². The second-order valence-electron chi connectivity index (χ2n) is 6.84. The van der Waals surface area contributed by atoms with Gasteiger partial charge in [0.2, 0.25) is 0 Å². The topological polar surface area (TPSA) is 15.3 Å². The van der Waals surface area contributed by atoms with Gasteiger partial charge in [0.25, 0.3) is 0 Å². The zero-order valence-electron chi connectivity index (χ0n) is 13.6. The molecule has 0 atom stereocenters. The molecule has 1 aliphatic heterocycles. The van der Waals surface area contributed by atoms with Crippen LogP contribution < -0.4 is 5.32 Å². The lowest BCUT2D eigenvalue weighted by atomic mass is 9.83. The highest BCUT2D eigenvalue weighted by atomic mass is 15.1. The molecule has 0 bridgehead atoms. The van der Waals surface area contributed by atoms with E-state index in [9.17, 15) is 0 Å². The average molecular weight is 266 g/mol. The molecule has 0 aromatic carbocycles. The lowest BCUT2D eigenvalue weighted by Gasteiger charge is -2.32. The Kier molecular flexibility index (Phi) is 7.70. The molecule has 1 rings (SSSR count). The quantitative estimate of drug-likeness (QED) is 0.530. The number of rotatable bonds is 8. The summed E-state index contributed by atoms with van der Waals surface area (Å²) in [5.74, 6) is 0. The fraction of sp³-hybridized carbons (Fsp3) is 0.882. The molecular weight excluding hydrogens is 232 g/mol. The largest absolute Gasteiger partial charge is 0.317 e. The average Bonchev–Trinajstić information content (AvgIpc) is 2.37. The zero-order valence-corrected chi connectivity index (χ0v) is 13.6. The highest BCUT2D eigenvalue weighted by molar-refractivity contribution is 5.14. The van der Waals surface area contributed by atoms with Gasteiger partial charge in [-0.05, 0) is 50.7 Å². The molecule has 0 spiro atoms. The van der Waals surface area contributed by atoms with E-state index in [1.807, 2.05) is 0 Å². The molecule has 0 saturated carbocycles. The maximum absolute atomic E-state index is 3.47. The van der Waals surface area contributed by atoms with Gasteiger partial charge >= 0.3 is 0 Å². The van der Waals surface area contributed by atoms with Gasteiger partial charge in [-0.1, -0.05) is 45.8 Å². The van der Waals surface area contributed by atoms with E-state index >= 15 is 0 Å². The molecule has 0 aromatic rings. The minimum atomic E-state index is 0.372. The van der Waals surface area contributed by atoms with Crippen LogP contribution in [0.15, 0.2) is 11.6 Å². The molecule has 1 N–H and O–H groups in total. The van der Waals surface area contributed by atoms with E-state index in [1.54, 1.807) is 5.57 Å². The molecule has 0 radical (unpaired) electrons. The van der Waals surface area contributed by atoms with Gasteiger partial charge < -0.3 is 5.32 Å². The van der Waals surface area contributed by atoms with Crippen LogP contribution >= 0.6 is 0 Å². The van der Waals surface area contributed by atoms with E-state index in [0.29, 0.717) is 5.41 Å². The third kappa shape index (κ3) is 7.12. The molecule has 112 valence electrons. The van der Waals surface area contributed by atoms with Crippen molar-refractivity contribution in [3.05, 3.63) is 11.6 Å². The molecule has 0 unspecified atom stereocenters. The van der Waals surface area contributed by atoms with Crippen molar-refractivity contribution >= 4 is 0 Å². The Bertz CT molecular complexity index is 263. The van der Waals surface area contributed by atoms with Gasteiger partial charge in [-0.3, -0.25) is 4.90 Å². The van der Waals surface area contributed by atoms with Crippen LogP contribution in [0.2, 0.25) is 0 Å². The van der Waals surface area contributed by atoms with Crippen molar-refractivity contribution in [3.63, 3.8) is 0 Å². The Morgan fingerprint density at radius 1 is 1.16 bits per heavy atom. The van der Waals surface area contributed by atoms with Crippen molar-refractivity contribution < 1.29 is 0 Å². The minimum Gasteiger partial charge on any atom is -0.317 e. The number of nitrogens with zero attached hydrogens (tertiary/aromatic N) is 1. The van der Waals surface area contributed by atoms with Crippen LogP contribution in [0.5, 0.6) is 0 Å². The fourth-order valence-electron chi connectivity index (χ4n) is 2.66. The third-order valence-electron chi connectivity index (χ3n) is 4.01. The van der Waals surface area contributed by atoms with Gasteiger partial charge in [0, 0.05) is 13.1 Å². The maximum atomic E-state index is 3.47. The molecule has 0 aliphatic carbocycles. The Hall–Kier alpha value is -0.340. The first-order valence-electron chi connectivity index (χ1n) is 8.16. The lowest BCUT2D eigenvalue weighted by Crippen LogP contribution is -2.32. The van der Waals surface area contributed by atoms with Crippen LogP contribution in [0.4, 0.5) is 0 Å². The number of nitrogens with one attached hydrogen (secondary N) is 1. The van der Waals surface area contributed by atoms with Crippen molar-refractivity contribution in [2.45, 2.75) is 59.8 Å². The van der Waals surface area contributed by atoms with Crippen molar-refractivity contribution in [3.8, 4) is 0 Å². The summed E-state index contributed by atoms with van der Waals surface area (Å²) in [5.41, 5.74) is 2.02. The standard InChI is InChI=1S/C17H34N2/c1-5-11-18-12-7-6-8-13-19-14-9-16(10-15-19)17(2,3)4/h9,18H,5-8,10-15H2,1-4H3. The van der Waals surface area contributed by atoms with Gasteiger partial charge in [-0.15, -0.1) is 0 Å². The Morgan fingerprint density at radius 2 is 1.95 bits per heavy atom. The van der Waals surface area contributed by atoms with Crippen molar-refractivity contribution in [2.24, 2.45) is 5.41 Å². The summed E-state index contributed by atoms with van der Waals surface area (Å²) in [6.07, 6.45) is 9.02. The Labute approximate surface area is 120 Å². The third-order valence-corrected chi connectivity index (χ3v) is 4.01. The first-order chi connectivity index (χ1) is 9.04. The predicted molar refractivity (Wildman–Crippen MR) is 85.6 cm³/mol. The van der Waals surface area contributed by atoms with Crippen LogP contribution in [0.1, 0.15) is 59.8 Å². The van der Waals surface area contributed by atoms with E-state index < -0.39 is 0 Å². The molecule has 19 heavy (non-hydrogen) atoms. The second-order valence-corrected chi connectivity index (χ2v) is 6.84. The molecule has 1 heterocycles. The molecule has 0 fully saturated rings. The lowest BCUT2D eigenvalue weighted by molar-refractivity contribution is 0.272. The number of hydrogen-bond donors (Lipinski definition) is 1. The summed E-state index contributed by atoms with van der Waals surface area (Å²) in [7, 11) is 0. The summed E-state index contributed by atoms with van der Waals surface area (Å²) >= 11 is 0. The first kappa shape index (κ1) is 16.7. The minimum absolute atomic E-state index is 0.372. The summed E-state index contributed by atoms with van der Waals surface area (Å²) in [5, 5.41) is 3.47. The van der Waals surface area contributed by atoms with Gasteiger partial charge in [0.15, 0.2) is 0 Å². The van der Waals surface area contributed by atoms with Gasteiger partial charge in [-0.25, -0.2) is 0 Å². The summed E-state index contributed by atoms with van der Waals surface area (Å²) in [6, 6.07) is 0. The molecule has 2 heteroatoms. The molecule has 2 nitrogen and oxygen atoms in total. The number of hydrogen-bond acceptors (Lipinski definition) is 2. The van der Waals surface area contributed by atoms with E-state index in [1.165, 1.54) is 64.8 Å². The van der Waals surface area contributed by atoms with E-state index in [4.69, 9.17) is 0 Å². The van der Waals surface area contributed by atoms with E-state index in [0.717, 1.165) is 0 Å². The highest BCUT2D eigenvalue weighted by Crippen LogP contribution is 2.29. The summed E-state index contributed by atoms with van der Waals surface area (Å²) in [6.45, 7) is 15.3. The molecule has 0 saturated heterocycles. The Balaban J connectivity index is 2.05. The van der Waals surface area contributed by atoms with Crippen LogP contribution in [0, 0.1) is 5.41 Å². The monoisotopic (exact) mass is 266 g/mol. The Morgan fingerprint density at radius 3 is 2.53 bits per heavy atom. The first-order valence-corrected chi connectivity index (χ1v) is 8.16. The van der Waals surface area contributed by atoms with Gasteiger partial charge in [0.1, 0.15) is 0 Å². The highest BCUT2D eigenvalue weighted by Gasteiger charge is 2.20. The van der Waals surface area contributed by atoms with Crippen molar-refractivity contribution in [1.29, 1.82) is 0 Å². The second kappa shape index (κ2) is 8.76. The zero-order chi connectivity index (χ0) is 14.1. The molecule has 1 aliphatic rings. The van der Waals surface area contributed by atoms with E-state index in [2.05, 4.69) is 44.0 Å². The van der Waals surface area contributed by atoms with Crippen molar-refractivity contribution in [2.75, 3.05) is 32.7 Å². The summed E-state index contributed by atoms with van der Waals surface area (Å²) < 4.78 is 0. The normalized spacial score (nSPS) is 17.6. The predicted octanol–water partition coefficient (Wildman–Crippen LogP) is 3.83. The van der Waals surface area contributed by atoms with Crippen LogP contribution in [0.3, 0.4) is 0 Å². The van der Waals surface area contributed by atoms with E-state index in [-0.39, 0.29) is 0 Å².